The predicted molar refractivity (Wildman–Crippen MR) is 141 cm³/mol. The summed E-state index contributed by atoms with van der Waals surface area (Å²) in [6.07, 6.45) is 13.0. The second kappa shape index (κ2) is 13.4. The van der Waals surface area contributed by atoms with E-state index in [-0.39, 0.29) is 18.5 Å². The van der Waals surface area contributed by atoms with Crippen molar-refractivity contribution < 1.29 is 19.1 Å². The Kier molecular flexibility index (Phi) is 9.96. The number of ether oxygens (including phenoxy) is 2. The third-order valence-corrected chi connectivity index (χ3v) is 6.38. The molecule has 1 aliphatic carbocycles. The Morgan fingerprint density at radius 2 is 1.69 bits per heavy atom. The molecule has 6 nitrogen and oxygen atoms in total. The summed E-state index contributed by atoms with van der Waals surface area (Å²) in [6, 6.07) is 12.4. The van der Waals surface area contributed by atoms with Crippen LogP contribution in [0, 0.1) is 11.8 Å². The first-order chi connectivity index (χ1) is 16.9. The van der Waals surface area contributed by atoms with Gasteiger partial charge >= 0.3 is 11.9 Å². The average Bonchev–Trinajstić information content (AvgIpc) is 2.83. The number of carbonyl (C=O) groups is 2. The van der Waals surface area contributed by atoms with Crippen molar-refractivity contribution in [3.63, 3.8) is 0 Å². The van der Waals surface area contributed by atoms with Crippen LogP contribution in [0.15, 0.2) is 61.2 Å². The van der Waals surface area contributed by atoms with Crippen LogP contribution in [0.4, 0.5) is 11.4 Å². The van der Waals surface area contributed by atoms with E-state index in [1.54, 1.807) is 36.4 Å². The largest absolute Gasteiger partial charge is 0.462 e. The Morgan fingerprint density at radius 1 is 1.00 bits per heavy atom. The van der Waals surface area contributed by atoms with Gasteiger partial charge in [-0.3, -0.25) is 4.79 Å². The van der Waals surface area contributed by atoms with E-state index < -0.39 is 5.97 Å². The number of carbonyl (C=O) groups excluding carboxylic acids is 2. The summed E-state index contributed by atoms with van der Waals surface area (Å²) in [5, 5.41) is 0. The van der Waals surface area contributed by atoms with Crippen LogP contribution in [0.3, 0.4) is 0 Å². The maximum absolute atomic E-state index is 12.6. The topological polar surface area (TPSA) is 105 Å². The summed E-state index contributed by atoms with van der Waals surface area (Å²) in [4.78, 5) is 24.5. The summed E-state index contributed by atoms with van der Waals surface area (Å²) in [5.74, 6) is 0.626. The highest BCUT2D eigenvalue weighted by Crippen LogP contribution is 2.33. The number of benzene rings is 2. The van der Waals surface area contributed by atoms with Gasteiger partial charge in [-0.1, -0.05) is 24.6 Å². The molecule has 0 aromatic heterocycles. The molecule has 0 bridgehead atoms. The molecule has 0 atom stereocenters. The first kappa shape index (κ1) is 26.1. The third kappa shape index (κ3) is 8.96. The molecular formula is C29H36N2O4. The Morgan fingerprint density at radius 3 is 2.34 bits per heavy atom. The monoisotopic (exact) mass is 476 g/mol. The number of anilines is 2. The molecule has 2 aromatic rings. The highest BCUT2D eigenvalue weighted by Gasteiger charge is 2.27. The fraction of sp³-hybridized carbons (Fsp3) is 0.379. The van der Waals surface area contributed by atoms with Gasteiger partial charge in [0.2, 0.25) is 0 Å². The molecule has 186 valence electrons. The molecule has 1 fully saturated rings. The van der Waals surface area contributed by atoms with Gasteiger partial charge in [0.15, 0.2) is 0 Å². The number of esters is 2. The second-order valence-electron chi connectivity index (χ2n) is 9.19. The summed E-state index contributed by atoms with van der Waals surface area (Å²) in [5.41, 5.74) is 14.4. The van der Waals surface area contributed by atoms with Crippen LogP contribution in [-0.2, 0) is 20.7 Å². The van der Waals surface area contributed by atoms with Crippen molar-refractivity contribution in [1.82, 2.24) is 0 Å². The molecule has 0 heterocycles. The van der Waals surface area contributed by atoms with Crippen LogP contribution >= 0.6 is 0 Å². The van der Waals surface area contributed by atoms with Crippen LogP contribution in [0.1, 0.15) is 56.1 Å². The van der Waals surface area contributed by atoms with Gasteiger partial charge < -0.3 is 20.9 Å². The quantitative estimate of drug-likeness (QED) is 0.107. The van der Waals surface area contributed by atoms with Gasteiger partial charge in [0.25, 0.3) is 0 Å². The molecule has 0 amide bonds. The van der Waals surface area contributed by atoms with Crippen molar-refractivity contribution in [1.29, 1.82) is 0 Å². The fourth-order valence-corrected chi connectivity index (χ4v) is 4.46. The van der Waals surface area contributed by atoms with Crippen molar-refractivity contribution in [2.24, 2.45) is 11.8 Å². The fourth-order valence-electron chi connectivity index (χ4n) is 4.46. The zero-order valence-electron chi connectivity index (χ0n) is 20.3. The first-order valence-electron chi connectivity index (χ1n) is 12.4. The van der Waals surface area contributed by atoms with Crippen LogP contribution in [-0.4, -0.2) is 18.5 Å². The molecule has 0 radical (unpaired) electrons. The summed E-state index contributed by atoms with van der Waals surface area (Å²) in [6.45, 7) is 4.01. The molecule has 35 heavy (non-hydrogen) atoms. The molecule has 0 spiro atoms. The lowest BCUT2D eigenvalue weighted by molar-refractivity contribution is -0.140. The molecule has 2 aromatic carbocycles. The maximum atomic E-state index is 12.6. The number of allylic oxidation sites excluding steroid dienone is 1. The van der Waals surface area contributed by atoms with E-state index in [1.807, 2.05) is 18.2 Å². The van der Waals surface area contributed by atoms with Gasteiger partial charge in [0.05, 0.1) is 12.5 Å². The van der Waals surface area contributed by atoms with Crippen molar-refractivity contribution in [3.8, 4) is 5.75 Å². The van der Waals surface area contributed by atoms with E-state index in [0.717, 1.165) is 43.2 Å². The van der Waals surface area contributed by atoms with Gasteiger partial charge in [-0.25, -0.2) is 4.79 Å². The number of hydrogen-bond acceptors (Lipinski definition) is 6. The Bertz CT molecular complexity index is 1000. The van der Waals surface area contributed by atoms with Gasteiger partial charge in [-0.05, 0) is 92.0 Å². The Balaban J connectivity index is 1.38. The maximum Gasteiger partial charge on any atom is 0.330 e. The molecule has 6 heteroatoms. The second-order valence-corrected chi connectivity index (χ2v) is 9.19. The van der Waals surface area contributed by atoms with E-state index in [1.165, 1.54) is 18.9 Å². The Hall–Kier alpha value is -3.54. The van der Waals surface area contributed by atoms with E-state index >= 15 is 0 Å². The van der Waals surface area contributed by atoms with Crippen molar-refractivity contribution in [2.45, 2.75) is 51.4 Å². The minimum Gasteiger partial charge on any atom is -0.462 e. The van der Waals surface area contributed by atoms with E-state index in [9.17, 15) is 9.59 Å². The minimum absolute atomic E-state index is 0.0243. The lowest BCUT2D eigenvalue weighted by Crippen LogP contribution is -2.25. The van der Waals surface area contributed by atoms with Crippen LogP contribution in [0.25, 0.3) is 6.08 Å². The highest BCUT2D eigenvalue weighted by atomic mass is 16.5. The van der Waals surface area contributed by atoms with E-state index in [2.05, 4.69) is 6.58 Å². The van der Waals surface area contributed by atoms with Crippen molar-refractivity contribution >= 4 is 29.4 Å². The Labute approximate surface area is 208 Å². The smallest absolute Gasteiger partial charge is 0.330 e. The molecule has 4 N–H and O–H groups in total. The number of unbranched alkanes of at least 4 members (excludes halogenated alkanes) is 1. The average molecular weight is 477 g/mol. The molecule has 0 unspecified atom stereocenters. The molecular weight excluding hydrogens is 440 g/mol. The van der Waals surface area contributed by atoms with Gasteiger partial charge in [-0.2, -0.15) is 0 Å². The highest BCUT2D eigenvalue weighted by molar-refractivity contribution is 5.87. The van der Waals surface area contributed by atoms with Gasteiger partial charge in [-0.15, -0.1) is 6.58 Å². The van der Waals surface area contributed by atoms with Crippen LogP contribution < -0.4 is 16.2 Å². The minimum atomic E-state index is -0.433. The third-order valence-electron chi connectivity index (χ3n) is 6.38. The van der Waals surface area contributed by atoms with Gasteiger partial charge in [0.1, 0.15) is 5.75 Å². The zero-order chi connectivity index (χ0) is 25.0. The summed E-state index contributed by atoms with van der Waals surface area (Å²) >= 11 is 0. The van der Waals surface area contributed by atoms with Crippen LogP contribution in [0.5, 0.6) is 5.75 Å². The standard InChI is InChI=1S/C29H36N2O4/c1-2-3-4-5-21-6-11-24(12-7-21)29(33)35-27-13-8-22(9-14-27)10-15-28(32)34-17-16-23-18-25(30)20-26(31)19-23/h2,8-10,13-15,18-21,24H,1,3-7,11-12,16-17,30-31H2. The SMILES string of the molecule is C=CCCCC1CCC(C(=O)Oc2ccc(C=CC(=O)OCCc3cc(N)cc(N)c3)cc2)CC1. The molecule has 0 saturated heterocycles. The van der Waals surface area contributed by atoms with Gasteiger partial charge in [0, 0.05) is 23.9 Å². The first-order valence-corrected chi connectivity index (χ1v) is 12.4. The molecule has 0 aliphatic heterocycles. The number of hydrogen-bond donors (Lipinski definition) is 2. The molecule has 3 rings (SSSR count). The predicted octanol–water partition coefficient (Wildman–Crippen LogP) is 5.72. The number of nitrogen functional groups attached to an aromatic ring is 2. The van der Waals surface area contributed by atoms with Crippen LogP contribution in [0.2, 0.25) is 0 Å². The molecule has 1 saturated carbocycles. The van der Waals surface area contributed by atoms with Crippen molar-refractivity contribution in [2.75, 3.05) is 18.1 Å². The lowest BCUT2D eigenvalue weighted by Gasteiger charge is -2.27. The number of nitrogens with two attached hydrogens (primary N) is 2. The van der Waals surface area contributed by atoms with Crippen molar-refractivity contribution in [3.05, 3.63) is 72.3 Å². The lowest BCUT2D eigenvalue weighted by atomic mass is 9.80. The molecule has 1 aliphatic rings. The summed E-state index contributed by atoms with van der Waals surface area (Å²) < 4.78 is 10.8. The van der Waals surface area contributed by atoms with E-state index in [0.29, 0.717) is 29.5 Å². The number of rotatable bonds is 11. The summed E-state index contributed by atoms with van der Waals surface area (Å²) in [7, 11) is 0. The zero-order valence-corrected chi connectivity index (χ0v) is 20.3. The normalized spacial score (nSPS) is 17.7. The van der Waals surface area contributed by atoms with E-state index in [4.69, 9.17) is 20.9 Å².